The molecule has 4 N–H and O–H groups in total. The number of nitrogens with zero attached hydrogens (tertiary/aromatic N) is 2. The monoisotopic (exact) mass is 207 g/mol. The van der Waals surface area contributed by atoms with Gasteiger partial charge in [0.1, 0.15) is 0 Å². The summed E-state index contributed by atoms with van der Waals surface area (Å²) in [6.45, 7) is 3.49. The third-order valence-electron chi connectivity index (χ3n) is 1.87. The predicted molar refractivity (Wildman–Crippen MR) is 61.2 cm³/mol. The number of pyridine rings is 1. The Balaban J connectivity index is 2.37. The van der Waals surface area contributed by atoms with Crippen molar-refractivity contribution in [2.24, 2.45) is 10.8 Å². The number of nitrogens with two attached hydrogens (primary N) is 1. The smallest absolute Gasteiger partial charge is 0.205 e. The van der Waals surface area contributed by atoms with Gasteiger partial charge in [0.15, 0.2) is 0 Å². The van der Waals surface area contributed by atoms with Crippen molar-refractivity contribution in [2.75, 3.05) is 13.1 Å². The lowest BCUT2D eigenvalue weighted by Crippen LogP contribution is -2.41. The minimum atomic E-state index is 0.626. The Bertz CT molecular complexity index is 296. The van der Waals surface area contributed by atoms with Gasteiger partial charge in [0.25, 0.3) is 0 Å². The molecule has 0 fully saturated rings. The van der Waals surface area contributed by atoms with Gasteiger partial charge in [0.05, 0.1) is 0 Å². The maximum Gasteiger partial charge on any atom is 0.205 e. The van der Waals surface area contributed by atoms with Crippen molar-refractivity contribution < 1.29 is 0 Å². The maximum atomic E-state index is 5.28. The van der Waals surface area contributed by atoms with E-state index in [-0.39, 0.29) is 0 Å². The zero-order valence-electron chi connectivity index (χ0n) is 8.90. The van der Waals surface area contributed by atoms with E-state index in [0.717, 1.165) is 13.0 Å². The van der Waals surface area contributed by atoms with Gasteiger partial charge in [-0.15, -0.1) is 0 Å². The third-order valence-corrected chi connectivity index (χ3v) is 1.87. The molecule has 0 spiro atoms. The Kier molecular flexibility index (Phi) is 5.18. The molecule has 1 aromatic rings. The van der Waals surface area contributed by atoms with E-state index in [0.29, 0.717) is 12.5 Å². The van der Waals surface area contributed by atoms with Gasteiger partial charge < -0.3 is 5.32 Å². The van der Waals surface area contributed by atoms with Crippen LogP contribution in [0.5, 0.6) is 0 Å². The largest absolute Gasteiger partial charge is 0.356 e. The van der Waals surface area contributed by atoms with Crippen LogP contribution in [0.1, 0.15) is 12.5 Å². The second-order valence-electron chi connectivity index (χ2n) is 3.02. The summed E-state index contributed by atoms with van der Waals surface area (Å²) in [5, 5.41) is 3.02. The molecule has 0 radical (unpaired) electrons. The van der Waals surface area contributed by atoms with Crippen LogP contribution in [0.4, 0.5) is 0 Å². The molecule has 1 rings (SSSR count). The Hall–Kier alpha value is -1.62. The summed E-state index contributed by atoms with van der Waals surface area (Å²) >= 11 is 0. The molecule has 0 saturated heterocycles. The molecule has 5 heteroatoms. The minimum absolute atomic E-state index is 0.626. The van der Waals surface area contributed by atoms with Gasteiger partial charge >= 0.3 is 0 Å². The fourth-order valence-electron chi connectivity index (χ4n) is 1.16. The lowest BCUT2D eigenvalue weighted by Gasteiger charge is -2.06. The van der Waals surface area contributed by atoms with Crippen LogP contribution in [0.2, 0.25) is 0 Å². The van der Waals surface area contributed by atoms with Crippen LogP contribution in [-0.2, 0) is 6.42 Å². The highest BCUT2D eigenvalue weighted by atomic mass is 15.3. The second kappa shape index (κ2) is 6.78. The lowest BCUT2D eigenvalue weighted by molar-refractivity contribution is 0.843. The van der Waals surface area contributed by atoms with Crippen molar-refractivity contribution in [1.82, 2.24) is 15.7 Å². The van der Waals surface area contributed by atoms with Crippen LogP contribution in [0.15, 0.2) is 29.5 Å². The Morgan fingerprint density at radius 1 is 1.60 bits per heavy atom. The summed E-state index contributed by atoms with van der Waals surface area (Å²) in [6.07, 6.45) is 4.47. The number of hydrazine groups is 1. The molecular formula is C10H17N5. The van der Waals surface area contributed by atoms with Gasteiger partial charge in [-0.25, -0.2) is 5.84 Å². The predicted octanol–water partition coefficient (Wildman–Crippen LogP) is 0.0529. The van der Waals surface area contributed by atoms with Crippen LogP contribution in [0.3, 0.4) is 0 Å². The summed E-state index contributed by atoms with van der Waals surface area (Å²) in [5.41, 5.74) is 3.69. The molecule has 0 amide bonds. The molecule has 0 aliphatic carbocycles. The van der Waals surface area contributed by atoms with E-state index < -0.39 is 0 Å². The van der Waals surface area contributed by atoms with E-state index in [9.17, 15) is 0 Å². The number of rotatable bonds is 4. The molecule has 0 aromatic carbocycles. The quantitative estimate of drug-likeness (QED) is 0.282. The zero-order chi connectivity index (χ0) is 10.9. The number of aliphatic imine (C=N–C) groups is 1. The molecule has 1 heterocycles. The number of nitrogens with one attached hydrogen (secondary N) is 2. The average molecular weight is 207 g/mol. The molecule has 0 aliphatic rings. The molecular weight excluding hydrogens is 190 g/mol. The lowest BCUT2D eigenvalue weighted by atomic mass is 10.2. The highest BCUT2D eigenvalue weighted by molar-refractivity contribution is 5.79. The van der Waals surface area contributed by atoms with E-state index in [2.05, 4.69) is 20.7 Å². The summed E-state index contributed by atoms with van der Waals surface area (Å²) in [5.74, 6) is 5.91. The summed E-state index contributed by atoms with van der Waals surface area (Å²) in [4.78, 5) is 8.30. The van der Waals surface area contributed by atoms with E-state index in [1.807, 2.05) is 25.3 Å². The van der Waals surface area contributed by atoms with Crippen LogP contribution in [-0.4, -0.2) is 24.0 Å². The highest BCUT2D eigenvalue weighted by Crippen LogP contribution is 1.96. The summed E-state index contributed by atoms with van der Waals surface area (Å²) in [7, 11) is 0. The van der Waals surface area contributed by atoms with Crippen molar-refractivity contribution in [3.05, 3.63) is 30.1 Å². The fourth-order valence-corrected chi connectivity index (χ4v) is 1.16. The minimum Gasteiger partial charge on any atom is -0.356 e. The average Bonchev–Trinajstić information content (AvgIpc) is 2.29. The molecule has 1 aromatic heterocycles. The maximum absolute atomic E-state index is 5.28. The first-order valence-corrected chi connectivity index (χ1v) is 5.00. The van der Waals surface area contributed by atoms with Crippen molar-refractivity contribution in [2.45, 2.75) is 13.3 Å². The third kappa shape index (κ3) is 4.42. The van der Waals surface area contributed by atoms with Gasteiger partial charge in [-0.05, 0) is 25.0 Å². The molecule has 0 unspecified atom stereocenters. The van der Waals surface area contributed by atoms with Crippen LogP contribution < -0.4 is 16.6 Å². The molecule has 0 atom stereocenters. The molecule has 0 saturated carbocycles. The first-order valence-electron chi connectivity index (χ1n) is 5.00. The van der Waals surface area contributed by atoms with Gasteiger partial charge in [-0.3, -0.25) is 15.4 Å². The Morgan fingerprint density at radius 2 is 2.47 bits per heavy atom. The topological polar surface area (TPSA) is 75.3 Å². The van der Waals surface area contributed by atoms with E-state index >= 15 is 0 Å². The first-order chi connectivity index (χ1) is 7.36. The van der Waals surface area contributed by atoms with Gasteiger partial charge in [0, 0.05) is 25.5 Å². The van der Waals surface area contributed by atoms with Gasteiger partial charge in [0.2, 0.25) is 5.96 Å². The molecule has 15 heavy (non-hydrogen) atoms. The fraction of sp³-hybridized carbons (Fsp3) is 0.400. The number of hydrogen-bond acceptors (Lipinski definition) is 3. The number of aromatic nitrogens is 1. The summed E-state index contributed by atoms with van der Waals surface area (Å²) < 4.78 is 0. The first kappa shape index (κ1) is 11.5. The second-order valence-corrected chi connectivity index (χ2v) is 3.02. The Labute approximate surface area is 89.8 Å². The van der Waals surface area contributed by atoms with Crippen molar-refractivity contribution in [3.8, 4) is 0 Å². The van der Waals surface area contributed by atoms with E-state index in [1.54, 1.807) is 6.20 Å². The van der Waals surface area contributed by atoms with Crippen molar-refractivity contribution in [3.63, 3.8) is 0 Å². The normalized spacial score (nSPS) is 11.2. The number of hydrogen-bond donors (Lipinski definition) is 3. The van der Waals surface area contributed by atoms with Gasteiger partial charge in [-0.1, -0.05) is 6.07 Å². The zero-order valence-corrected chi connectivity index (χ0v) is 8.90. The van der Waals surface area contributed by atoms with Crippen molar-refractivity contribution in [1.29, 1.82) is 0 Å². The summed E-state index contributed by atoms with van der Waals surface area (Å²) in [6, 6.07) is 3.96. The van der Waals surface area contributed by atoms with Crippen molar-refractivity contribution >= 4 is 5.96 Å². The SMILES string of the molecule is CCNC(=NCCc1cccnc1)NN. The van der Waals surface area contributed by atoms with E-state index in [1.165, 1.54) is 5.56 Å². The molecule has 82 valence electrons. The van der Waals surface area contributed by atoms with Crippen LogP contribution in [0.25, 0.3) is 0 Å². The highest BCUT2D eigenvalue weighted by Gasteiger charge is 1.93. The van der Waals surface area contributed by atoms with Crippen LogP contribution >= 0.6 is 0 Å². The number of guanidine groups is 1. The van der Waals surface area contributed by atoms with Crippen LogP contribution in [0, 0.1) is 0 Å². The van der Waals surface area contributed by atoms with E-state index in [4.69, 9.17) is 5.84 Å². The standard InChI is InChI=1S/C10H17N5/c1-2-13-10(15-11)14-7-5-9-4-3-6-12-8-9/h3-4,6,8H,2,5,7,11H2,1H3,(H2,13,14,15). The molecule has 0 aliphatic heterocycles. The molecule has 0 bridgehead atoms. The van der Waals surface area contributed by atoms with Gasteiger partial charge in [-0.2, -0.15) is 0 Å². The Morgan fingerprint density at radius 3 is 3.07 bits per heavy atom. The molecule has 5 nitrogen and oxygen atoms in total.